The second-order valence-electron chi connectivity index (χ2n) is 6.00. The van der Waals surface area contributed by atoms with Crippen molar-refractivity contribution in [1.29, 1.82) is 0 Å². The summed E-state index contributed by atoms with van der Waals surface area (Å²) in [6.45, 7) is 4.20. The summed E-state index contributed by atoms with van der Waals surface area (Å²) >= 11 is 0. The van der Waals surface area contributed by atoms with Crippen LogP contribution in [0.2, 0.25) is 0 Å². The van der Waals surface area contributed by atoms with E-state index < -0.39 is 10.0 Å². The van der Waals surface area contributed by atoms with E-state index in [1.807, 2.05) is 31.2 Å². The third-order valence-electron chi connectivity index (χ3n) is 3.98. The minimum absolute atomic E-state index is 0.115. The molecular weight excluding hydrogens is 352 g/mol. The minimum Gasteiger partial charge on any atom is -0.497 e. The second kappa shape index (κ2) is 8.82. The maximum absolute atomic E-state index is 12.3. The molecule has 0 radical (unpaired) electrons. The first kappa shape index (κ1) is 19.9. The molecule has 6 nitrogen and oxygen atoms in total. The number of methoxy groups -OCH3 is 1. The standard InChI is InChI=1S/C19H24N2O4S/c1-15-4-10-19(11-5-15)26(23,24)20-12-13-21(16(2)22)14-17-6-8-18(25-3)9-7-17/h4-11,20H,12-14H2,1-3H3. The van der Waals surface area contributed by atoms with Gasteiger partial charge in [-0.1, -0.05) is 29.8 Å². The first-order valence-corrected chi connectivity index (χ1v) is 9.75. The van der Waals surface area contributed by atoms with Gasteiger partial charge >= 0.3 is 0 Å². The van der Waals surface area contributed by atoms with E-state index in [2.05, 4.69) is 4.72 Å². The molecule has 1 N–H and O–H groups in total. The first-order valence-electron chi connectivity index (χ1n) is 8.26. The summed E-state index contributed by atoms with van der Waals surface area (Å²) in [6.07, 6.45) is 0. The number of ether oxygens (including phenoxy) is 1. The molecule has 0 heterocycles. The van der Waals surface area contributed by atoms with Crippen molar-refractivity contribution in [3.05, 3.63) is 59.7 Å². The van der Waals surface area contributed by atoms with Crippen LogP contribution in [0.5, 0.6) is 5.75 Å². The van der Waals surface area contributed by atoms with Gasteiger partial charge in [0, 0.05) is 26.6 Å². The van der Waals surface area contributed by atoms with Crippen LogP contribution in [0, 0.1) is 6.92 Å². The van der Waals surface area contributed by atoms with E-state index in [0.29, 0.717) is 6.54 Å². The van der Waals surface area contributed by atoms with Gasteiger partial charge in [-0.05, 0) is 36.8 Å². The van der Waals surface area contributed by atoms with E-state index in [4.69, 9.17) is 4.74 Å². The number of nitrogens with one attached hydrogen (secondary N) is 1. The molecule has 0 saturated heterocycles. The summed E-state index contributed by atoms with van der Waals surface area (Å²) in [5.74, 6) is 0.629. The van der Waals surface area contributed by atoms with Crippen molar-refractivity contribution < 1.29 is 17.9 Å². The predicted octanol–water partition coefficient (Wildman–Crippen LogP) is 2.33. The molecule has 2 aromatic carbocycles. The lowest BCUT2D eigenvalue weighted by Crippen LogP contribution is -2.37. The maximum Gasteiger partial charge on any atom is 0.240 e. The van der Waals surface area contributed by atoms with Crippen LogP contribution in [-0.4, -0.2) is 39.4 Å². The van der Waals surface area contributed by atoms with Gasteiger partial charge in [0.25, 0.3) is 0 Å². The van der Waals surface area contributed by atoms with Crippen LogP contribution in [0.15, 0.2) is 53.4 Å². The fraction of sp³-hybridized carbons (Fsp3) is 0.316. The molecule has 0 aliphatic heterocycles. The lowest BCUT2D eigenvalue weighted by atomic mass is 10.2. The zero-order valence-corrected chi connectivity index (χ0v) is 16.0. The third-order valence-corrected chi connectivity index (χ3v) is 5.46. The Kier molecular flexibility index (Phi) is 6.76. The van der Waals surface area contributed by atoms with E-state index in [-0.39, 0.29) is 23.9 Å². The Labute approximate surface area is 154 Å². The van der Waals surface area contributed by atoms with Gasteiger partial charge < -0.3 is 9.64 Å². The Morgan fingerprint density at radius 2 is 1.69 bits per heavy atom. The van der Waals surface area contributed by atoms with E-state index in [9.17, 15) is 13.2 Å². The van der Waals surface area contributed by atoms with Gasteiger partial charge in [0.2, 0.25) is 15.9 Å². The molecule has 1 amide bonds. The Morgan fingerprint density at radius 1 is 1.08 bits per heavy atom. The summed E-state index contributed by atoms with van der Waals surface area (Å²) in [4.78, 5) is 13.7. The topological polar surface area (TPSA) is 75.7 Å². The molecule has 0 aromatic heterocycles. The Bertz CT molecular complexity index is 831. The van der Waals surface area contributed by atoms with E-state index in [1.165, 1.54) is 6.92 Å². The van der Waals surface area contributed by atoms with Gasteiger partial charge in [-0.15, -0.1) is 0 Å². The number of carbonyl (C=O) groups excluding carboxylic acids is 1. The quantitative estimate of drug-likeness (QED) is 0.767. The zero-order chi connectivity index (χ0) is 19.2. The second-order valence-corrected chi connectivity index (χ2v) is 7.77. The van der Waals surface area contributed by atoms with Crippen LogP contribution in [0.1, 0.15) is 18.1 Å². The predicted molar refractivity (Wildman–Crippen MR) is 100 cm³/mol. The molecule has 2 aromatic rings. The first-order chi connectivity index (χ1) is 12.3. The van der Waals surface area contributed by atoms with Gasteiger partial charge in [-0.2, -0.15) is 0 Å². The molecule has 0 fully saturated rings. The number of amides is 1. The van der Waals surface area contributed by atoms with Gasteiger partial charge in [0.05, 0.1) is 12.0 Å². The molecular formula is C19H24N2O4S. The van der Waals surface area contributed by atoms with Crippen LogP contribution in [0.4, 0.5) is 0 Å². The van der Waals surface area contributed by atoms with Crippen molar-refractivity contribution in [1.82, 2.24) is 9.62 Å². The van der Waals surface area contributed by atoms with Crippen molar-refractivity contribution in [2.45, 2.75) is 25.3 Å². The average molecular weight is 376 g/mol. The maximum atomic E-state index is 12.3. The highest BCUT2D eigenvalue weighted by Crippen LogP contribution is 2.13. The Hall–Kier alpha value is -2.38. The number of carbonyl (C=O) groups is 1. The van der Waals surface area contributed by atoms with Gasteiger partial charge in [0.1, 0.15) is 5.75 Å². The number of aryl methyl sites for hydroxylation is 1. The zero-order valence-electron chi connectivity index (χ0n) is 15.2. The molecule has 7 heteroatoms. The van der Waals surface area contributed by atoms with Crippen LogP contribution in [-0.2, 0) is 21.4 Å². The normalized spacial score (nSPS) is 11.2. The van der Waals surface area contributed by atoms with Gasteiger partial charge in [-0.3, -0.25) is 4.79 Å². The fourth-order valence-electron chi connectivity index (χ4n) is 2.41. The van der Waals surface area contributed by atoms with Gasteiger partial charge in [-0.25, -0.2) is 13.1 Å². The van der Waals surface area contributed by atoms with Crippen molar-refractivity contribution >= 4 is 15.9 Å². The summed E-state index contributed by atoms with van der Waals surface area (Å²) in [7, 11) is -1.99. The number of benzene rings is 2. The monoisotopic (exact) mass is 376 g/mol. The van der Waals surface area contributed by atoms with Crippen LogP contribution < -0.4 is 9.46 Å². The number of sulfonamides is 1. The lowest BCUT2D eigenvalue weighted by molar-refractivity contribution is -0.129. The molecule has 0 unspecified atom stereocenters. The number of rotatable bonds is 8. The molecule has 0 bridgehead atoms. The highest BCUT2D eigenvalue weighted by Gasteiger charge is 2.15. The Morgan fingerprint density at radius 3 is 2.23 bits per heavy atom. The van der Waals surface area contributed by atoms with Crippen LogP contribution >= 0.6 is 0 Å². The molecule has 2 rings (SSSR count). The Balaban J connectivity index is 1.95. The summed E-state index contributed by atoms with van der Waals surface area (Å²) < 4.78 is 32.2. The molecule has 140 valence electrons. The molecule has 0 aliphatic rings. The third kappa shape index (κ3) is 5.57. The van der Waals surface area contributed by atoms with E-state index in [1.54, 1.807) is 36.3 Å². The fourth-order valence-corrected chi connectivity index (χ4v) is 3.44. The highest BCUT2D eigenvalue weighted by atomic mass is 32.2. The molecule has 0 atom stereocenters. The molecule has 26 heavy (non-hydrogen) atoms. The average Bonchev–Trinajstić information content (AvgIpc) is 2.61. The van der Waals surface area contributed by atoms with Crippen molar-refractivity contribution in [3.63, 3.8) is 0 Å². The lowest BCUT2D eigenvalue weighted by Gasteiger charge is -2.21. The number of nitrogens with zero attached hydrogens (tertiary/aromatic N) is 1. The summed E-state index contributed by atoms with van der Waals surface area (Å²) in [6, 6.07) is 14.0. The van der Waals surface area contributed by atoms with Gasteiger partial charge in [0.15, 0.2) is 0 Å². The largest absolute Gasteiger partial charge is 0.497 e. The summed E-state index contributed by atoms with van der Waals surface area (Å²) in [5.41, 5.74) is 1.94. The van der Waals surface area contributed by atoms with Crippen LogP contribution in [0.25, 0.3) is 0 Å². The molecule has 0 aliphatic carbocycles. The smallest absolute Gasteiger partial charge is 0.240 e. The summed E-state index contributed by atoms with van der Waals surface area (Å²) in [5, 5.41) is 0. The molecule has 0 spiro atoms. The van der Waals surface area contributed by atoms with Crippen molar-refractivity contribution in [2.24, 2.45) is 0 Å². The van der Waals surface area contributed by atoms with Crippen molar-refractivity contribution in [2.75, 3.05) is 20.2 Å². The molecule has 0 saturated carbocycles. The highest BCUT2D eigenvalue weighted by molar-refractivity contribution is 7.89. The SMILES string of the molecule is COc1ccc(CN(CCNS(=O)(=O)c2ccc(C)cc2)C(C)=O)cc1. The van der Waals surface area contributed by atoms with E-state index in [0.717, 1.165) is 16.9 Å². The number of hydrogen-bond acceptors (Lipinski definition) is 4. The van der Waals surface area contributed by atoms with Crippen LogP contribution in [0.3, 0.4) is 0 Å². The minimum atomic E-state index is -3.58. The van der Waals surface area contributed by atoms with E-state index >= 15 is 0 Å². The van der Waals surface area contributed by atoms with Crippen molar-refractivity contribution in [3.8, 4) is 5.75 Å². The number of hydrogen-bond donors (Lipinski definition) is 1.